The largest absolute Gasteiger partial charge is 0.393 e. The van der Waals surface area contributed by atoms with Gasteiger partial charge < -0.3 is 5.11 Å². The number of hydrogen-bond acceptors (Lipinski definition) is 3. The normalized spacial score (nSPS) is 15.2. The predicted octanol–water partition coefficient (Wildman–Crippen LogP) is 2.33. The van der Waals surface area contributed by atoms with Gasteiger partial charge in [-0.1, -0.05) is 53.8 Å². The number of benzene rings is 1. The maximum atomic E-state index is 9.42. The topological polar surface area (TPSA) is 49.7 Å². The molecule has 0 amide bonds. The molecule has 2 atom stereocenters. The highest BCUT2D eigenvalue weighted by molar-refractivity contribution is 6.95. The van der Waals surface area contributed by atoms with Crippen molar-refractivity contribution in [3.63, 3.8) is 0 Å². The second-order valence-electron chi connectivity index (χ2n) is 5.20. The van der Waals surface area contributed by atoms with Crippen LogP contribution < -0.4 is 5.19 Å². The summed E-state index contributed by atoms with van der Waals surface area (Å²) < 4.78 is 0. The minimum Gasteiger partial charge on any atom is -0.393 e. The number of rotatable bonds is 6. The molecule has 2 N–H and O–H groups in total. The lowest BCUT2D eigenvalue weighted by Crippen LogP contribution is -2.47. The van der Waals surface area contributed by atoms with Crippen molar-refractivity contribution in [1.82, 2.24) is 0 Å². The van der Waals surface area contributed by atoms with Gasteiger partial charge in [-0.05, 0) is 6.92 Å². The zero-order valence-corrected chi connectivity index (χ0v) is 12.3. The first-order valence-corrected chi connectivity index (χ1v) is 9.12. The Kier molecular flexibility index (Phi) is 5.28. The van der Waals surface area contributed by atoms with Gasteiger partial charge in [-0.25, -0.2) is 4.89 Å². The van der Waals surface area contributed by atoms with Crippen LogP contribution in [0.3, 0.4) is 0 Å². The highest BCUT2D eigenvalue weighted by Gasteiger charge is 2.33. The third-order valence-corrected chi connectivity index (χ3v) is 7.07. The summed E-state index contributed by atoms with van der Waals surface area (Å²) in [5.74, 6) is 0. The van der Waals surface area contributed by atoms with Crippen LogP contribution in [0.1, 0.15) is 13.3 Å². The van der Waals surface area contributed by atoms with E-state index in [4.69, 9.17) is 5.26 Å². The zero-order chi connectivity index (χ0) is 13.8. The van der Waals surface area contributed by atoms with Gasteiger partial charge in [0.2, 0.25) is 0 Å². The summed E-state index contributed by atoms with van der Waals surface area (Å²) in [6.07, 6.45) is -0.676. The molecule has 0 saturated carbocycles. The minimum absolute atomic E-state index is 0.360. The molecule has 0 aliphatic heterocycles. The number of aliphatic hydroxyl groups is 1. The molecule has 100 valence electrons. The highest BCUT2D eigenvalue weighted by Crippen LogP contribution is 2.21. The molecule has 3 nitrogen and oxygen atoms in total. The summed E-state index contributed by atoms with van der Waals surface area (Å²) in [6, 6.07) is 10.1. The van der Waals surface area contributed by atoms with Gasteiger partial charge >= 0.3 is 0 Å². The van der Waals surface area contributed by atoms with Gasteiger partial charge in [-0.2, -0.15) is 0 Å². The maximum absolute atomic E-state index is 9.42. The summed E-state index contributed by atoms with van der Waals surface area (Å²) in [6.45, 7) is 10.1. The molecular formula is C14H22O3Si. The van der Waals surface area contributed by atoms with E-state index in [2.05, 4.69) is 36.7 Å². The molecule has 1 unspecified atom stereocenters. The summed E-state index contributed by atoms with van der Waals surface area (Å²) in [7, 11) is -1.92. The third-order valence-electron chi connectivity index (χ3n) is 3.37. The summed E-state index contributed by atoms with van der Waals surface area (Å²) in [4.78, 5) is 4.51. The lowest BCUT2D eigenvalue weighted by molar-refractivity contribution is -0.271. The molecule has 0 bridgehead atoms. The van der Waals surface area contributed by atoms with Crippen LogP contribution in [0.5, 0.6) is 0 Å². The first-order valence-electron chi connectivity index (χ1n) is 6.12. The van der Waals surface area contributed by atoms with Crippen LogP contribution in [0, 0.1) is 0 Å². The van der Waals surface area contributed by atoms with Crippen LogP contribution in [0.25, 0.3) is 0 Å². The van der Waals surface area contributed by atoms with E-state index < -0.39 is 20.3 Å². The van der Waals surface area contributed by atoms with Gasteiger partial charge in [0.15, 0.2) is 0 Å². The molecule has 4 heteroatoms. The average Bonchev–Trinajstić information content (AvgIpc) is 2.36. The fraction of sp³-hybridized carbons (Fsp3) is 0.429. The van der Waals surface area contributed by atoms with Gasteiger partial charge in [-0.3, -0.25) is 5.26 Å². The molecule has 1 aromatic carbocycles. The Morgan fingerprint density at radius 1 is 1.33 bits per heavy atom. The minimum atomic E-state index is -1.92. The molecule has 0 radical (unpaired) electrons. The van der Waals surface area contributed by atoms with E-state index in [0.29, 0.717) is 6.42 Å². The van der Waals surface area contributed by atoms with Crippen molar-refractivity contribution < 1.29 is 15.3 Å². The van der Waals surface area contributed by atoms with Crippen molar-refractivity contribution in [2.24, 2.45) is 0 Å². The van der Waals surface area contributed by atoms with Crippen LogP contribution in [-0.2, 0) is 4.89 Å². The maximum Gasteiger partial charge on any atom is 0.113 e. The second kappa shape index (κ2) is 6.29. The second-order valence-corrected chi connectivity index (χ2v) is 9.66. The molecule has 0 aromatic heterocycles. The Labute approximate surface area is 110 Å². The van der Waals surface area contributed by atoms with Crippen LogP contribution in [0.2, 0.25) is 13.1 Å². The van der Waals surface area contributed by atoms with Gasteiger partial charge in [0.1, 0.15) is 14.2 Å². The monoisotopic (exact) mass is 266 g/mol. The number of aliphatic hydroxyl groups excluding tert-OH is 1. The van der Waals surface area contributed by atoms with Crippen LogP contribution in [-0.4, -0.2) is 30.6 Å². The Morgan fingerprint density at radius 2 is 1.89 bits per heavy atom. The average molecular weight is 266 g/mol. The Hall–Kier alpha value is -0.943. The highest BCUT2D eigenvalue weighted by atomic mass is 28.3. The fourth-order valence-electron chi connectivity index (χ4n) is 2.00. The molecule has 0 aliphatic carbocycles. The van der Waals surface area contributed by atoms with Crippen molar-refractivity contribution in [3.05, 3.63) is 42.1 Å². The van der Waals surface area contributed by atoms with Gasteiger partial charge in [0.25, 0.3) is 0 Å². The van der Waals surface area contributed by atoms with E-state index in [1.54, 1.807) is 6.92 Å². The lowest BCUT2D eigenvalue weighted by atomic mass is 10.2. The molecule has 0 fully saturated rings. The molecule has 0 heterocycles. The molecule has 18 heavy (non-hydrogen) atoms. The van der Waals surface area contributed by atoms with E-state index in [1.165, 1.54) is 5.19 Å². The van der Waals surface area contributed by atoms with Gasteiger partial charge in [0.05, 0.1) is 6.10 Å². The summed E-state index contributed by atoms with van der Waals surface area (Å²) >= 11 is 0. The first-order chi connectivity index (χ1) is 8.39. The summed E-state index contributed by atoms with van der Waals surface area (Å²) in [5, 5.41) is 20.6. The smallest absolute Gasteiger partial charge is 0.113 e. The van der Waals surface area contributed by atoms with Crippen molar-refractivity contribution in [1.29, 1.82) is 0 Å². The zero-order valence-electron chi connectivity index (χ0n) is 11.3. The van der Waals surface area contributed by atoms with Crippen molar-refractivity contribution >= 4 is 13.3 Å². The van der Waals surface area contributed by atoms with E-state index in [-0.39, 0.29) is 0 Å². The predicted molar refractivity (Wildman–Crippen MR) is 76.5 cm³/mol. The third kappa shape index (κ3) is 3.52. The van der Waals surface area contributed by atoms with E-state index in [0.717, 1.165) is 5.20 Å². The molecule has 0 aliphatic rings. The Balaban J connectivity index is 2.93. The van der Waals surface area contributed by atoms with Crippen molar-refractivity contribution in [2.75, 3.05) is 0 Å². The molecule has 0 spiro atoms. The van der Waals surface area contributed by atoms with E-state index >= 15 is 0 Å². The van der Waals surface area contributed by atoms with Crippen molar-refractivity contribution in [2.45, 2.75) is 38.6 Å². The Bertz CT molecular complexity index is 387. The standard InChI is InChI=1S/C14H22O3Si/c1-11(15)10-14(17-16)12(2)18(3,4)13-8-6-5-7-9-13/h5-9,11,14-16H,2,10H2,1,3-4H3/t11-,14?/m0/s1. The quantitative estimate of drug-likeness (QED) is 0.472. The van der Waals surface area contributed by atoms with Crippen LogP contribution >= 0.6 is 0 Å². The van der Waals surface area contributed by atoms with E-state index in [9.17, 15) is 5.11 Å². The van der Waals surface area contributed by atoms with Gasteiger partial charge in [-0.15, -0.1) is 6.58 Å². The molecule has 0 saturated heterocycles. The van der Waals surface area contributed by atoms with Crippen molar-refractivity contribution in [3.8, 4) is 0 Å². The Morgan fingerprint density at radius 3 is 2.33 bits per heavy atom. The van der Waals surface area contributed by atoms with E-state index in [1.807, 2.05) is 18.2 Å². The van der Waals surface area contributed by atoms with Crippen LogP contribution in [0.4, 0.5) is 0 Å². The fourth-order valence-corrected chi connectivity index (χ4v) is 4.37. The molecule has 1 rings (SSSR count). The van der Waals surface area contributed by atoms with Gasteiger partial charge in [0, 0.05) is 6.42 Å². The summed E-state index contributed by atoms with van der Waals surface area (Å²) in [5.41, 5.74) is 0. The SMILES string of the molecule is C=C(C(C[C@H](C)O)OO)[Si](C)(C)c1ccccc1. The molecule has 1 aromatic rings. The number of hydrogen-bond donors (Lipinski definition) is 2. The van der Waals surface area contributed by atoms with Crippen LogP contribution in [0.15, 0.2) is 42.1 Å². The molecular weight excluding hydrogens is 244 g/mol. The lowest BCUT2D eigenvalue weighted by Gasteiger charge is -2.30. The first kappa shape index (κ1) is 15.1.